The van der Waals surface area contributed by atoms with E-state index in [0.717, 1.165) is 27.8 Å². The van der Waals surface area contributed by atoms with E-state index in [2.05, 4.69) is 5.10 Å². The molecule has 3 heterocycles. The van der Waals surface area contributed by atoms with Crippen molar-refractivity contribution in [1.29, 1.82) is 0 Å². The molecule has 226 valence electrons. The molecule has 0 saturated carbocycles. The van der Waals surface area contributed by atoms with Crippen molar-refractivity contribution in [3.63, 3.8) is 0 Å². The number of halogens is 1. The molecule has 3 amide bonds. The summed E-state index contributed by atoms with van der Waals surface area (Å²) in [6, 6.07) is 11.0. The fraction of sp³-hybridized carbons (Fsp3) is 0.400. The van der Waals surface area contributed by atoms with E-state index < -0.39 is 45.9 Å². The zero-order valence-corrected chi connectivity index (χ0v) is 24.7. The van der Waals surface area contributed by atoms with Crippen LogP contribution in [-0.2, 0) is 50.0 Å². The monoisotopic (exact) mass is 609 g/mol. The summed E-state index contributed by atoms with van der Waals surface area (Å²) in [6.45, 7) is 0.0749. The number of nitrogens with zero attached hydrogens (tertiary/aromatic N) is 5. The zero-order chi connectivity index (χ0) is 30.5. The lowest BCUT2D eigenvalue weighted by molar-refractivity contribution is -0.143. The first-order valence-electron chi connectivity index (χ1n) is 14.1. The largest absolute Gasteiger partial charge is 0.427 e. The topological polar surface area (TPSA) is 122 Å². The number of benzene rings is 2. The molecular weight excluding hydrogens is 577 g/mol. The molecule has 1 atom stereocenters. The number of amides is 3. The van der Waals surface area contributed by atoms with Crippen molar-refractivity contribution in [2.24, 2.45) is 7.05 Å². The van der Waals surface area contributed by atoms with Gasteiger partial charge in [-0.25, -0.2) is 26.8 Å². The molecule has 1 spiro atoms. The molecule has 43 heavy (non-hydrogen) atoms. The second kappa shape index (κ2) is 10.9. The van der Waals surface area contributed by atoms with Crippen molar-refractivity contribution in [2.75, 3.05) is 25.9 Å². The number of aryl methyl sites for hydroxylation is 2. The van der Waals surface area contributed by atoms with Crippen molar-refractivity contribution in [3.8, 4) is 11.1 Å². The predicted octanol–water partition coefficient (Wildman–Crippen LogP) is 2.80. The minimum atomic E-state index is -3.38. The van der Waals surface area contributed by atoms with Crippen LogP contribution in [0.25, 0.3) is 11.1 Å². The molecule has 0 radical (unpaired) electrons. The van der Waals surface area contributed by atoms with E-state index >= 15 is 0 Å². The highest BCUT2D eigenvalue weighted by atomic mass is 32.2. The number of ether oxygens (including phenoxy) is 1. The van der Waals surface area contributed by atoms with Crippen LogP contribution in [0.1, 0.15) is 36.0 Å². The average Bonchev–Trinajstić information content (AvgIpc) is 3.64. The van der Waals surface area contributed by atoms with Crippen LogP contribution in [0.3, 0.4) is 0 Å². The van der Waals surface area contributed by atoms with Gasteiger partial charge in [-0.05, 0) is 48.1 Å². The summed E-state index contributed by atoms with van der Waals surface area (Å²) >= 11 is 0. The van der Waals surface area contributed by atoms with E-state index in [-0.39, 0.29) is 32.1 Å². The van der Waals surface area contributed by atoms with Crippen molar-refractivity contribution >= 4 is 27.9 Å². The minimum Gasteiger partial charge on any atom is -0.427 e. The number of rotatable bonds is 7. The molecular formula is C30H32FN5O6S. The first kappa shape index (κ1) is 29.0. The van der Waals surface area contributed by atoms with E-state index in [9.17, 15) is 27.2 Å². The highest BCUT2D eigenvalue weighted by Gasteiger charge is 2.58. The highest BCUT2D eigenvalue weighted by molar-refractivity contribution is 7.88. The van der Waals surface area contributed by atoms with Crippen LogP contribution in [0.4, 0.5) is 9.18 Å². The Morgan fingerprint density at radius 3 is 2.49 bits per heavy atom. The highest BCUT2D eigenvalue weighted by Crippen LogP contribution is 2.46. The molecule has 1 aliphatic carbocycles. The van der Waals surface area contributed by atoms with Gasteiger partial charge in [0, 0.05) is 56.5 Å². The van der Waals surface area contributed by atoms with E-state index in [1.54, 1.807) is 34.0 Å². The third-order valence-corrected chi connectivity index (χ3v) is 9.91. The van der Waals surface area contributed by atoms with Gasteiger partial charge in [0.15, 0.2) is 0 Å². The molecule has 6 rings (SSSR count). The summed E-state index contributed by atoms with van der Waals surface area (Å²) in [4.78, 5) is 43.2. The van der Waals surface area contributed by atoms with E-state index in [0.29, 0.717) is 30.4 Å². The van der Waals surface area contributed by atoms with Gasteiger partial charge in [0.1, 0.15) is 12.4 Å². The molecule has 13 heteroatoms. The number of imide groups is 1. The summed E-state index contributed by atoms with van der Waals surface area (Å²) in [5.41, 5.74) is 2.56. The lowest BCUT2D eigenvalue weighted by Gasteiger charge is -2.38. The Kier molecular flexibility index (Phi) is 7.33. The summed E-state index contributed by atoms with van der Waals surface area (Å²) in [7, 11) is -1.55. The number of hydrogen-bond acceptors (Lipinski definition) is 7. The number of sulfonamides is 1. The lowest BCUT2D eigenvalue weighted by atomic mass is 9.93. The summed E-state index contributed by atoms with van der Waals surface area (Å²) in [6.07, 6.45) is 5.49. The summed E-state index contributed by atoms with van der Waals surface area (Å²) in [5, 5.41) is 4.21. The summed E-state index contributed by atoms with van der Waals surface area (Å²) < 4.78 is 46.5. The average molecular weight is 610 g/mol. The maximum absolute atomic E-state index is 13.8. The maximum atomic E-state index is 13.8. The fourth-order valence-corrected chi connectivity index (χ4v) is 7.20. The number of hydrogen-bond donors (Lipinski definition) is 0. The Bertz CT molecular complexity index is 1700. The van der Waals surface area contributed by atoms with Crippen LogP contribution < -0.4 is 0 Å². The lowest BCUT2D eigenvalue weighted by Crippen LogP contribution is -2.51. The van der Waals surface area contributed by atoms with Crippen LogP contribution in [0.15, 0.2) is 54.9 Å². The zero-order valence-electron chi connectivity index (χ0n) is 23.9. The van der Waals surface area contributed by atoms with Gasteiger partial charge in [-0.3, -0.25) is 14.3 Å². The Balaban J connectivity index is 1.22. The number of carbonyl (C=O) groups is 3. The van der Waals surface area contributed by atoms with Crippen LogP contribution >= 0.6 is 0 Å². The Hall–Kier alpha value is -4.10. The second-order valence-electron chi connectivity index (χ2n) is 11.4. The second-order valence-corrected chi connectivity index (χ2v) is 13.4. The van der Waals surface area contributed by atoms with Crippen LogP contribution in [0, 0.1) is 5.82 Å². The van der Waals surface area contributed by atoms with Crippen molar-refractivity contribution in [2.45, 2.75) is 43.9 Å². The maximum Gasteiger partial charge on any atom is 0.418 e. The van der Waals surface area contributed by atoms with Gasteiger partial charge in [-0.2, -0.15) is 5.10 Å². The molecule has 1 aromatic heterocycles. The minimum absolute atomic E-state index is 0.116. The number of aromatic nitrogens is 2. The SMILES string of the molecule is Cn1cc(-c2ccc3c(c2)CC[C@@]32OC(=O)N(CC(=O)N(Cc3ccc(F)cc3)C3CCN(S(C)(=O)=O)CC3)C2=O)cn1. The normalized spacial score (nSPS) is 21.0. The molecule has 0 N–H and O–H groups in total. The predicted molar refractivity (Wildman–Crippen MR) is 153 cm³/mol. The van der Waals surface area contributed by atoms with E-state index in [1.165, 1.54) is 16.4 Å². The number of carbonyl (C=O) groups excluding carboxylic acids is 3. The van der Waals surface area contributed by atoms with Gasteiger partial charge >= 0.3 is 6.09 Å². The molecule has 2 aliphatic heterocycles. The fourth-order valence-electron chi connectivity index (χ4n) is 6.32. The molecule has 0 unspecified atom stereocenters. The van der Waals surface area contributed by atoms with Gasteiger partial charge in [0.2, 0.25) is 21.5 Å². The first-order chi connectivity index (χ1) is 20.4. The van der Waals surface area contributed by atoms with Crippen LogP contribution in [0.2, 0.25) is 0 Å². The molecule has 3 aromatic rings. The first-order valence-corrected chi connectivity index (χ1v) is 16.0. The van der Waals surface area contributed by atoms with Crippen LogP contribution in [-0.4, -0.2) is 82.1 Å². The third-order valence-electron chi connectivity index (χ3n) is 8.61. The molecule has 11 nitrogen and oxygen atoms in total. The third kappa shape index (κ3) is 5.42. The van der Waals surface area contributed by atoms with E-state index in [1.807, 2.05) is 25.4 Å². The molecule has 2 fully saturated rings. The van der Waals surface area contributed by atoms with Crippen molar-refractivity contribution in [1.82, 2.24) is 23.9 Å². The van der Waals surface area contributed by atoms with E-state index in [4.69, 9.17) is 4.74 Å². The Morgan fingerprint density at radius 1 is 1.12 bits per heavy atom. The quantitative estimate of drug-likeness (QED) is 0.404. The summed E-state index contributed by atoms with van der Waals surface area (Å²) in [5.74, 6) is -1.47. The van der Waals surface area contributed by atoms with Crippen molar-refractivity contribution < 1.29 is 31.9 Å². The van der Waals surface area contributed by atoms with Gasteiger partial charge in [0.25, 0.3) is 5.91 Å². The molecule has 2 saturated heterocycles. The van der Waals surface area contributed by atoms with Gasteiger partial charge in [-0.1, -0.05) is 30.3 Å². The standard InChI is InChI=1S/C30H32FN5O6S/c1-33-18-23(16-32-33)21-5-8-26-22(15-21)9-12-30(26)28(38)36(29(39)42-30)19-27(37)35(17-20-3-6-24(31)7-4-20)25-10-13-34(14-11-25)43(2,40)41/h3-8,15-16,18,25H,9-14,17,19H2,1-2H3/t30-/m1/s1. The van der Waals surface area contributed by atoms with Gasteiger partial charge in [-0.15, -0.1) is 0 Å². The van der Waals surface area contributed by atoms with Crippen LogP contribution in [0.5, 0.6) is 0 Å². The number of fused-ring (bicyclic) bond motifs is 2. The van der Waals surface area contributed by atoms with Gasteiger partial charge in [0.05, 0.1) is 12.5 Å². The van der Waals surface area contributed by atoms with Crippen molar-refractivity contribution in [3.05, 3.63) is 77.4 Å². The molecule has 0 bridgehead atoms. The Morgan fingerprint density at radius 2 is 1.84 bits per heavy atom. The smallest absolute Gasteiger partial charge is 0.418 e. The Labute approximate surface area is 248 Å². The molecule has 3 aliphatic rings. The number of piperidine rings is 1. The van der Waals surface area contributed by atoms with Gasteiger partial charge < -0.3 is 9.64 Å². The molecule has 2 aromatic carbocycles.